The summed E-state index contributed by atoms with van der Waals surface area (Å²) in [6, 6.07) is 6.05. The normalized spacial score (nSPS) is 10.3. The van der Waals surface area contributed by atoms with Crippen molar-refractivity contribution in [3.8, 4) is 11.1 Å². The van der Waals surface area contributed by atoms with Crippen molar-refractivity contribution in [2.24, 2.45) is 0 Å². The number of aryl methyl sites for hydroxylation is 1. The van der Waals surface area contributed by atoms with E-state index in [-0.39, 0.29) is 11.5 Å². The number of aromatic nitrogens is 2. The van der Waals surface area contributed by atoms with Crippen LogP contribution in [0.4, 0.5) is 4.39 Å². The highest BCUT2D eigenvalue weighted by Gasteiger charge is 2.02. The van der Waals surface area contributed by atoms with Crippen LogP contribution in [0.15, 0.2) is 35.3 Å². The van der Waals surface area contributed by atoms with Crippen LogP contribution in [0, 0.1) is 12.7 Å². The van der Waals surface area contributed by atoms with Crippen LogP contribution >= 0.6 is 0 Å². The fraction of sp³-hybridized carbons (Fsp3) is 0.0909. The van der Waals surface area contributed by atoms with E-state index < -0.39 is 0 Å². The molecule has 0 aliphatic heterocycles. The summed E-state index contributed by atoms with van der Waals surface area (Å²) in [5.74, 6) is -0.284. The average molecular weight is 204 g/mol. The van der Waals surface area contributed by atoms with Gasteiger partial charge in [-0.05, 0) is 24.6 Å². The van der Waals surface area contributed by atoms with E-state index in [9.17, 15) is 9.18 Å². The van der Waals surface area contributed by atoms with Crippen LogP contribution in [0.5, 0.6) is 0 Å². The minimum absolute atomic E-state index is 0.284. The highest BCUT2D eigenvalue weighted by molar-refractivity contribution is 5.64. The van der Waals surface area contributed by atoms with Gasteiger partial charge in [-0.2, -0.15) is 0 Å². The second kappa shape index (κ2) is 3.65. The Labute approximate surface area is 85.6 Å². The topological polar surface area (TPSA) is 45.8 Å². The molecule has 0 aliphatic rings. The Kier molecular flexibility index (Phi) is 2.33. The van der Waals surface area contributed by atoms with E-state index in [1.165, 1.54) is 18.3 Å². The van der Waals surface area contributed by atoms with Crippen molar-refractivity contribution in [3.05, 3.63) is 52.5 Å². The molecule has 0 aliphatic carbocycles. The minimum Gasteiger partial charge on any atom is -0.309 e. The number of hydrogen-bond acceptors (Lipinski definition) is 2. The van der Waals surface area contributed by atoms with Gasteiger partial charge in [0.15, 0.2) is 0 Å². The quantitative estimate of drug-likeness (QED) is 0.770. The first-order chi connectivity index (χ1) is 7.16. The Morgan fingerprint density at radius 3 is 2.53 bits per heavy atom. The molecule has 2 rings (SSSR count). The predicted octanol–water partition coefficient (Wildman–Crippen LogP) is 1.88. The molecule has 0 saturated heterocycles. The van der Waals surface area contributed by atoms with Gasteiger partial charge in [-0.25, -0.2) is 14.2 Å². The molecule has 0 saturated carbocycles. The van der Waals surface area contributed by atoms with E-state index in [0.29, 0.717) is 0 Å². The highest BCUT2D eigenvalue weighted by atomic mass is 19.1. The van der Waals surface area contributed by atoms with Gasteiger partial charge in [0.25, 0.3) is 0 Å². The number of nitrogens with zero attached hydrogens (tertiary/aromatic N) is 1. The van der Waals surface area contributed by atoms with Crippen LogP contribution in [0.2, 0.25) is 0 Å². The van der Waals surface area contributed by atoms with Gasteiger partial charge in [-0.1, -0.05) is 12.1 Å². The zero-order valence-corrected chi connectivity index (χ0v) is 8.12. The van der Waals surface area contributed by atoms with Gasteiger partial charge in [0.2, 0.25) is 0 Å². The maximum absolute atomic E-state index is 12.7. The molecule has 4 heteroatoms. The highest BCUT2D eigenvalue weighted by Crippen LogP contribution is 2.19. The SMILES string of the molecule is Cc1[nH]c(=O)ncc1-c1ccc(F)cc1. The van der Waals surface area contributed by atoms with E-state index in [4.69, 9.17) is 0 Å². The molecule has 0 unspecified atom stereocenters. The van der Waals surface area contributed by atoms with Gasteiger partial charge in [0.05, 0.1) is 0 Å². The van der Waals surface area contributed by atoms with E-state index in [0.717, 1.165) is 16.8 Å². The minimum atomic E-state index is -0.377. The van der Waals surface area contributed by atoms with Crippen molar-refractivity contribution in [2.45, 2.75) is 6.92 Å². The van der Waals surface area contributed by atoms with E-state index in [1.807, 2.05) is 0 Å². The van der Waals surface area contributed by atoms with Crippen LogP contribution < -0.4 is 5.69 Å². The number of aromatic amines is 1. The molecule has 0 amide bonds. The van der Waals surface area contributed by atoms with Crippen molar-refractivity contribution < 1.29 is 4.39 Å². The maximum Gasteiger partial charge on any atom is 0.345 e. The average Bonchev–Trinajstić information content (AvgIpc) is 2.20. The summed E-state index contributed by atoms with van der Waals surface area (Å²) < 4.78 is 12.7. The van der Waals surface area contributed by atoms with E-state index >= 15 is 0 Å². The summed E-state index contributed by atoms with van der Waals surface area (Å²) in [7, 11) is 0. The number of hydrogen-bond donors (Lipinski definition) is 1. The molecule has 3 nitrogen and oxygen atoms in total. The summed E-state index contributed by atoms with van der Waals surface area (Å²) in [5, 5.41) is 0. The lowest BCUT2D eigenvalue weighted by atomic mass is 10.1. The monoisotopic (exact) mass is 204 g/mol. The molecule has 0 fully saturated rings. The number of H-pyrrole nitrogens is 1. The smallest absolute Gasteiger partial charge is 0.309 e. The summed E-state index contributed by atoms with van der Waals surface area (Å²) >= 11 is 0. The molecule has 0 radical (unpaired) electrons. The fourth-order valence-electron chi connectivity index (χ4n) is 1.40. The standard InChI is InChI=1S/C11H9FN2O/c1-7-10(6-13-11(15)14-7)8-2-4-9(12)5-3-8/h2-6H,1H3,(H,13,14,15). The predicted molar refractivity (Wildman–Crippen MR) is 55.0 cm³/mol. The first kappa shape index (κ1) is 9.58. The summed E-state index contributed by atoms with van der Waals surface area (Å²) in [6.07, 6.45) is 1.49. The second-order valence-corrected chi connectivity index (χ2v) is 3.23. The summed E-state index contributed by atoms with van der Waals surface area (Å²) in [4.78, 5) is 17.1. The Balaban J connectivity index is 2.54. The third-order valence-corrected chi connectivity index (χ3v) is 2.16. The lowest BCUT2D eigenvalue weighted by molar-refractivity contribution is 0.628. The van der Waals surface area contributed by atoms with Crippen LogP contribution in [-0.4, -0.2) is 9.97 Å². The van der Waals surface area contributed by atoms with Crippen LogP contribution in [-0.2, 0) is 0 Å². The van der Waals surface area contributed by atoms with Crippen molar-refractivity contribution in [1.82, 2.24) is 9.97 Å². The van der Waals surface area contributed by atoms with Crippen LogP contribution in [0.1, 0.15) is 5.69 Å². The Hall–Kier alpha value is -1.97. The van der Waals surface area contributed by atoms with Crippen molar-refractivity contribution in [1.29, 1.82) is 0 Å². The van der Waals surface area contributed by atoms with Gasteiger partial charge >= 0.3 is 5.69 Å². The van der Waals surface area contributed by atoms with E-state index in [1.54, 1.807) is 19.1 Å². The molecule has 1 aromatic carbocycles. The van der Waals surface area contributed by atoms with Crippen molar-refractivity contribution in [3.63, 3.8) is 0 Å². The fourth-order valence-corrected chi connectivity index (χ4v) is 1.40. The van der Waals surface area contributed by atoms with Gasteiger partial charge in [-0.15, -0.1) is 0 Å². The Bertz CT molecular complexity index is 531. The van der Waals surface area contributed by atoms with Crippen LogP contribution in [0.3, 0.4) is 0 Å². The lowest BCUT2D eigenvalue weighted by Gasteiger charge is -2.03. The lowest BCUT2D eigenvalue weighted by Crippen LogP contribution is -2.11. The summed E-state index contributed by atoms with van der Waals surface area (Å²) in [6.45, 7) is 1.78. The summed E-state index contributed by atoms with van der Waals surface area (Å²) in [5.41, 5.74) is 1.98. The number of halogens is 1. The largest absolute Gasteiger partial charge is 0.345 e. The molecular weight excluding hydrogens is 195 g/mol. The third kappa shape index (κ3) is 1.93. The van der Waals surface area contributed by atoms with E-state index in [2.05, 4.69) is 9.97 Å². The van der Waals surface area contributed by atoms with Gasteiger partial charge in [0.1, 0.15) is 5.82 Å². The number of rotatable bonds is 1. The van der Waals surface area contributed by atoms with Crippen molar-refractivity contribution >= 4 is 0 Å². The van der Waals surface area contributed by atoms with Gasteiger partial charge in [0, 0.05) is 17.5 Å². The molecule has 0 atom stereocenters. The molecule has 1 aromatic heterocycles. The van der Waals surface area contributed by atoms with Gasteiger partial charge in [-0.3, -0.25) is 0 Å². The van der Waals surface area contributed by atoms with Crippen molar-refractivity contribution in [2.75, 3.05) is 0 Å². The Morgan fingerprint density at radius 2 is 1.93 bits per heavy atom. The maximum atomic E-state index is 12.7. The number of nitrogens with one attached hydrogen (secondary N) is 1. The molecule has 76 valence electrons. The molecular formula is C11H9FN2O. The second-order valence-electron chi connectivity index (χ2n) is 3.23. The first-order valence-electron chi connectivity index (χ1n) is 4.48. The van der Waals surface area contributed by atoms with Gasteiger partial charge < -0.3 is 4.98 Å². The number of benzene rings is 1. The first-order valence-corrected chi connectivity index (χ1v) is 4.48. The molecule has 0 bridgehead atoms. The molecule has 1 N–H and O–H groups in total. The molecule has 15 heavy (non-hydrogen) atoms. The zero-order chi connectivity index (χ0) is 10.8. The molecule has 2 aromatic rings. The Morgan fingerprint density at radius 1 is 1.27 bits per heavy atom. The molecule has 1 heterocycles. The van der Waals surface area contributed by atoms with Crippen LogP contribution in [0.25, 0.3) is 11.1 Å². The molecule has 0 spiro atoms. The zero-order valence-electron chi connectivity index (χ0n) is 8.12. The third-order valence-electron chi connectivity index (χ3n) is 2.16.